The third kappa shape index (κ3) is 8.16. The maximum Gasteiger partial charge on any atom is 0.251 e. The molecule has 7 nitrogen and oxygen atoms in total. The molecule has 0 unspecified atom stereocenters. The number of hydrogen-bond acceptors (Lipinski definition) is 5. The van der Waals surface area contributed by atoms with Gasteiger partial charge in [-0.3, -0.25) is 9.69 Å². The van der Waals surface area contributed by atoms with Crippen molar-refractivity contribution in [2.75, 3.05) is 20.2 Å². The molecule has 0 spiro atoms. The second-order valence-corrected chi connectivity index (χ2v) is 11.3. The van der Waals surface area contributed by atoms with Gasteiger partial charge in [-0.25, -0.2) is 13.1 Å². The van der Waals surface area contributed by atoms with Crippen LogP contribution in [0.1, 0.15) is 35.3 Å². The molecule has 0 radical (unpaired) electrons. The largest absolute Gasteiger partial charge is 0.497 e. The molecule has 0 aliphatic heterocycles. The van der Waals surface area contributed by atoms with Crippen LogP contribution >= 0.6 is 15.9 Å². The number of benzene rings is 3. The Morgan fingerprint density at radius 2 is 1.56 bits per heavy atom. The highest BCUT2D eigenvalue weighted by molar-refractivity contribution is 9.10. The highest BCUT2D eigenvalue weighted by Gasteiger charge is 2.15. The fourth-order valence-electron chi connectivity index (χ4n) is 3.55. The van der Waals surface area contributed by atoms with Crippen molar-refractivity contribution >= 4 is 31.9 Å². The molecular weight excluding hydrogens is 542 g/mol. The first-order chi connectivity index (χ1) is 17.2. The van der Waals surface area contributed by atoms with Crippen LogP contribution in [0.5, 0.6) is 5.75 Å². The fraction of sp³-hybridized carbons (Fsp3) is 0.296. The molecule has 192 valence electrons. The van der Waals surface area contributed by atoms with E-state index < -0.39 is 10.0 Å². The summed E-state index contributed by atoms with van der Waals surface area (Å²) in [6, 6.07) is 21.7. The zero-order chi connectivity index (χ0) is 26.1. The topological polar surface area (TPSA) is 87.7 Å². The molecule has 3 rings (SSSR count). The number of carbonyl (C=O) groups is 1. The van der Waals surface area contributed by atoms with Gasteiger partial charge in [-0.05, 0) is 73.5 Å². The average molecular weight is 575 g/mol. The van der Waals surface area contributed by atoms with Crippen molar-refractivity contribution in [3.63, 3.8) is 0 Å². The van der Waals surface area contributed by atoms with E-state index in [9.17, 15) is 13.2 Å². The minimum atomic E-state index is -3.65. The third-order valence-electron chi connectivity index (χ3n) is 5.77. The van der Waals surface area contributed by atoms with Crippen molar-refractivity contribution in [3.05, 3.63) is 94.0 Å². The Morgan fingerprint density at radius 3 is 2.14 bits per heavy atom. The van der Waals surface area contributed by atoms with Crippen LogP contribution in [0.3, 0.4) is 0 Å². The number of ether oxygens (including phenoxy) is 1. The number of carbonyl (C=O) groups excluding carboxylic acids is 1. The fourth-order valence-corrected chi connectivity index (χ4v) is 4.83. The van der Waals surface area contributed by atoms with Crippen LogP contribution in [-0.4, -0.2) is 45.5 Å². The first-order valence-corrected chi connectivity index (χ1v) is 13.9. The lowest BCUT2D eigenvalue weighted by Crippen LogP contribution is -2.38. The lowest BCUT2D eigenvalue weighted by Gasteiger charge is -2.26. The van der Waals surface area contributed by atoms with Gasteiger partial charge in [0.25, 0.3) is 5.91 Å². The van der Waals surface area contributed by atoms with Crippen LogP contribution in [0.25, 0.3) is 0 Å². The lowest BCUT2D eigenvalue weighted by molar-refractivity contribution is 0.0944. The zero-order valence-corrected chi connectivity index (χ0v) is 23.1. The SMILES string of the molecule is COc1ccc(S(=O)(=O)NCc2ccc(C(=O)NCCN(Cc3ccc(Br)cc3)C(C)C)cc2)cc1. The van der Waals surface area contributed by atoms with Crippen molar-refractivity contribution in [1.82, 2.24) is 14.9 Å². The van der Waals surface area contributed by atoms with E-state index in [1.54, 1.807) is 36.4 Å². The first-order valence-electron chi connectivity index (χ1n) is 11.7. The van der Waals surface area contributed by atoms with Gasteiger partial charge in [0, 0.05) is 42.3 Å². The number of hydrogen-bond donors (Lipinski definition) is 2. The van der Waals surface area contributed by atoms with Crippen LogP contribution in [-0.2, 0) is 23.1 Å². The molecule has 0 aliphatic rings. The molecule has 36 heavy (non-hydrogen) atoms. The first kappa shape index (κ1) is 27.9. The average Bonchev–Trinajstić information content (AvgIpc) is 2.88. The van der Waals surface area contributed by atoms with E-state index in [1.165, 1.54) is 24.8 Å². The summed E-state index contributed by atoms with van der Waals surface area (Å²) in [6.45, 7) is 6.46. The normalized spacial score (nSPS) is 11.6. The molecule has 0 aromatic heterocycles. The predicted octanol–water partition coefficient (Wildman–Crippen LogP) is 4.58. The second-order valence-electron chi connectivity index (χ2n) is 8.64. The van der Waals surface area contributed by atoms with Gasteiger partial charge in [-0.1, -0.05) is 40.2 Å². The Morgan fingerprint density at radius 1 is 0.944 bits per heavy atom. The highest BCUT2D eigenvalue weighted by atomic mass is 79.9. The summed E-state index contributed by atoms with van der Waals surface area (Å²) >= 11 is 3.46. The molecule has 3 aromatic carbocycles. The summed E-state index contributed by atoms with van der Waals surface area (Å²) in [6.07, 6.45) is 0. The molecule has 0 fully saturated rings. The summed E-state index contributed by atoms with van der Waals surface area (Å²) in [5.41, 5.74) is 2.50. The monoisotopic (exact) mass is 573 g/mol. The van der Waals surface area contributed by atoms with Gasteiger partial charge >= 0.3 is 0 Å². The van der Waals surface area contributed by atoms with Crippen molar-refractivity contribution in [2.24, 2.45) is 0 Å². The minimum absolute atomic E-state index is 0.121. The molecule has 0 aliphatic carbocycles. The van der Waals surface area contributed by atoms with Gasteiger partial charge in [0.15, 0.2) is 0 Å². The lowest BCUT2D eigenvalue weighted by atomic mass is 10.1. The van der Waals surface area contributed by atoms with E-state index in [4.69, 9.17) is 4.74 Å². The second kappa shape index (κ2) is 13.0. The molecule has 0 heterocycles. The quantitative estimate of drug-likeness (QED) is 0.331. The Balaban J connectivity index is 1.49. The molecule has 0 atom stereocenters. The number of rotatable bonds is 12. The van der Waals surface area contributed by atoms with E-state index in [1.807, 2.05) is 12.1 Å². The van der Waals surface area contributed by atoms with Crippen LogP contribution in [0.4, 0.5) is 0 Å². The van der Waals surface area contributed by atoms with Crippen molar-refractivity contribution in [1.29, 1.82) is 0 Å². The minimum Gasteiger partial charge on any atom is -0.497 e. The summed E-state index contributed by atoms with van der Waals surface area (Å²) in [5.74, 6) is 0.428. The van der Waals surface area contributed by atoms with Gasteiger partial charge in [-0.2, -0.15) is 0 Å². The number of nitrogens with zero attached hydrogens (tertiary/aromatic N) is 1. The summed E-state index contributed by atoms with van der Waals surface area (Å²) in [7, 11) is -2.13. The zero-order valence-electron chi connectivity index (χ0n) is 20.7. The van der Waals surface area contributed by atoms with E-state index in [2.05, 4.69) is 56.8 Å². The summed E-state index contributed by atoms with van der Waals surface area (Å²) in [5, 5.41) is 2.98. The Labute approximate surface area is 222 Å². The van der Waals surface area contributed by atoms with Crippen molar-refractivity contribution in [2.45, 2.75) is 37.9 Å². The Hall–Kier alpha value is -2.72. The van der Waals surface area contributed by atoms with E-state index >= 15 is 0 Å². The maximum atomic E-state index is 12.6. The predicted molar refractivity (Wildman–Crippen MR) is 145 cm³/mol. The number of nitrogens with one attached hydrogen (secondary N) is 2. The molecular formula is C27H32BrN3O4S. The van der Waals surface area contributed by atoms with Crippen molar-refractivity contribution in [3.8, 4) is 5.75 Å². The van der Waals surface area contributed by atoms with E-state index in [0.717, 1.165) is 23.1 Å². The van der Waals surface area contributed by atoms with Crippen LogP contribution in [0, 0.1) is 0 Å². The Bertz CT molecular complexity index is 1230. The van der Waals surface area contributed by atoms with Crippen LogP contribution < -0.4 is 14.8 Å². The van der Waals surface area contributed by atoms with Gasteiger partial charge in [-0.15, -0.1) is 0 Å². The molecule has 0 saturated heterocycles. The van der Waals surface area contributed by atoms with Gasteiger partial charge in [0.05, 0.1) is 12.0 Å². The van der Waals surface area contributed by atoms with Crippen LogP contribution in [0.15, 0.2) is 82.2 Å². The molecule has 0 bridgehead atoms. The number of methoxy groups -OCH3 is 1. The third-order valence-corrected chi connectivity index (χ3v) is 7.71. The molecule has 2 N–H and O–H groups in total. The number of sulfonamides is 1. The highest BCUT2D eigenvalue weighted by Crippen LogP contribution is 2.16. The van der Waals surface area contributed by atoms with Gasteiger partial charge < -0.3 is 10.1 Å². The standard InChI is InChI=1S/C27H32BrN3O4S/c1-20(2)31(19-22-6-10-24(28)11-7-22)17-16-29-27(32)23-8-4-21(5-9-23)18-30-36(33,34)26-14-12-25(35-3)13-15-26/h4-15,20,30H,16-19H2,1-3H3,(H,29,32). The maximum absolute atomic E-state index is 12.6. The summed E-state index contributed by atoms with van der Waals surface area (Å²) in [4.78, 5) is 15.1. The molecule has 0 saturated carbocycles. The van der Waals surface area contributed by atoms with E-state index in [0.29, 0.717) is 23.9 Å². The molecule has 9 heteroatoms. The van der Waals surface area contributed by atoms with Gasteiger partial charge in [0.2, 0.25) is 10.0 Å². The number of halogens is 1. The molecule has 1 amide bonds. The van der Waals surface area contributed by atoms with Crippen molar-refractivity contribution < 1.29 is 17.9 Å². The molecule has 3 aromatic rings. The number of amides is 1. The van der Waals surface area contributed by atoms with Gasteiger partial charge in [0.1, 0.15) is 5.75 Å². The smallest absolute Gasteiger partial charge is 0.251 e. The van der Waals surface area contributed by atoms with E-state index in [-0.39, 0.29) is 17.3 Å². The summed E-state index contributed by atoms with van der Waals surface area (Å²) < 4.78 is 33.7. The Kier molecular flexibility index (Phi) is 10.1. The van der Waals surface area contributed by atoms with Crippen LogP contribution in [0.2, 0.25) is 0 Å².